The minimum absolute atomic E-state index is 0. The van der Waals surface area contributed by atoms with Crippen LogP contribution in [0.3, 0.4) is 0 Å². The van der Waals surface area contributed by atoms with Crippen LogP contribution in [0.4, 0.5) is 0 Å². The van der Waals surface area contributed by atoms with E-state index in [2.05, 4.69) is 5.40 Å². The van der Waals surface area contributed by atoms with Crippen molar-refractivity contribution in [3.63, 3.8) is 0 Å². The Morgan fingerprint density at radius 2 is 1.25 bits per heavy atom. The van der Waals surface area contributed by atoms with Gasteiger partial charge in [-0.15, -0.1) is 0 Å². The van der Waals surface area contributed by atoms with Gasteiger partial charge in [-0.2, -0.15) is 0 Å². The fraction of sp³-hybridized carbons (Fsp3) is 0. The van der Waals surface area contributed by atoms with Crippen LogP contribution in [-0.4, -0.2) is 10.4 Å². The van der Waals surface area contributed by atoms with Gasteiger partial charge in [0.25, 0.3) is 0 Å². The van der Waals surface area contributed by atoms with Crippen molar-refractivity contribution in [1.29, 1.82) is 0 Å². The zero-order valence-corrected chi connectivity index (χ0v) is 7.66. The van der Waals surface area contributed by atoms with Crippen LogP contribution in [-0.2, 0) is 25.0 Å². The van der Waals surface area contributed by atoms with Crippen LogP contribution < -0.4 is 5.40 Å². The summed E-state index contributed by atoms with van der Waals surface area (Å²) in [4.78, 5) is 0. The summed E-state index contributed by atoms with van der Waals surface area (Å²) >= 11 is 0. The Morgan fingerprint density at radius 1 is 1.25 bits per heavy atom. The van der Waals surface area contributed by atoms with Crippen molar-refractivity contribution in [2.24, 2.45) is 5.40 Å². The predicted octanol–water partition coefficient (Wildman–Crippen LogP) is -1.90. The minimum atomic E-state index is 0. The molecule has 0 rings (SSSR count). The molecule has 0 saturated carbocycles. The summed E-state index contributed by atoms with van der Waals surface area (Å²) in [6, 6.07) is 0. The third kappa shape index (κ3) is 14.8. The predicted molar refractivity (Wildman–Crippen MR) is 14.8 cm³/mol. The van der Waals surface area contributed by atoms with E-state index in [4.69, 9.17) is 0 Å². The second-order valence-electron chi connectivity index (χ2n) is 0. The van der Waals surface area contributed by atoms with E-state index in [1.54, 1.807) is 0 Å². The SMILES string of the molecule is N[SiH3].[O-2].[Zn+2]. The van der Waals surface area contributed by atoms with Gasteiger partial charge in [0.1, 0.15) is 0 Å². The molecule has 0 bridgehead atoms. The van der Waals surface area contributed by atoms with Crippen LogP contribution in [0.2, 0.25) is 0 Å². The first-order valence-electron chi connectivity index (χ1n) is 0.577. The Balaban J connectivity index is -0.00000000500. The standard InChI is InChI=1S/H5NSi.O.Zn/c1-2;;/h1H2,2H3;;/q;-2;+2. The molecule has 22 valence electrons. The summed E-state index contributed by atoms with van der Waals surface area (Å²) in [7, 11) is 0.806. The van der Waals surface area contributed by atoms with Crippen LogP contribution in [0.5, 0.6) is 0 Å². The molecular formula is H5NOSiZn. The molecule has 0 amide bonds. The zero-order valence-electron chi connectivity index (χ0n) is 2.69. The van der Waals surface area contributed by atoms with Crippen LogP contribution in [0.25, 0.3) is 0 Å². The monoisotopic (exact) mass is 127 g/mol. The average Bonchev–Trinajstić information content (AvgIpc) is 1.00. The molecule has 4 heteroatoms. The molecule has 0 aromatic carbocycles. The number of hydrogen-bond acceptors (Lipinski definition) is 1. The molecule has 0 spiro atoms. The molecule has 2 nitrogen and oxygen atoms in total. The van der Waals surface area contributed by atoms with Crippen LogP contribution in [0, 0.1) is 0 Å². The van der Waals surface area contributed by atoms with Crippen molar-refractivity contribution in [2.45, 2.75) is 0 Å². The molecule has 2 N–H and O–H groups in total. The molecule has 0 heterocycles. The van der Waals surface area contributed by atoms with E-state index in [9.17, 15) is 0 Å². The fourth-order valence-electron chi connectivity index (χ4n) is 0. The molecule has 0 atom stereocenters. The number of rotatable bonds is 0. The quantitative estimate of drug-likeness (QED) is 0.381. The molecule has 0 saturated heterocycles. The zero-order chi connectivity index (χ0) is 2.00. The molecule has 0 radical (unpaired) electrons. The smallest absolute Gasteiger partial charge is 2.00 e. The number of hydrogen-bond donors (Lipinski definition) is 1. The van der Waals surface area contributed by atoms with E-state index in [1.807, 2.05) is 0 Å². The van der Waals surface area contributed by atoms with E-state index in [0.29, 0.717) is 0 Å². The molecule has 0 aromatic heterocycles. The van der Waals surface area contributed by atoms with Gasteiger partial charge in [-0.1, -0.05) is 0 Å². The Hall–Kier alpha value is 0.760. The fourth-order valence-corrected chi connectivity index (χ4v) is 0. The first-order chi connectivity index (χ1) is 1.00. The molecule has 0 aliphatic rings. The maximum atomic E-state index is 4.64. The van der Waals surface area contributed by atoms with Gasteiger partial charge in [0.2, 0.25) is 0 Å². The molecule has 0 aromatic rings. The summed E-state index contributed by atoms with van der Waals surface area (Å²) in [6.45, 7) is 0. The Morgan fingerprint density at radius 3 is 1.25 bits per heavy atom. The van der Waals surface area contributed by atoms with Gasteiger partial charge in [-0.05, 0) is 0 Å². The van der Waals surface area contributed by atoms with E-state index in [-0.39, 0.29) is 25.0 Å². The van der Waals surface area contributed by atoms with Gasteiger partial charge in [0.15, 0.2) is 0 Å². The van der Waals surface area contributed by atoms with E-state index in [0.717, 1.165) is 10.4 Å². The van der Waals surface area contributed by atoms with Crippen molar-refractivity contribution in [1.82, 2.24) is 0 Å². The van der Waals surface area contributed by atoms with Gasteiger partial charge < -0.3 is 10.9 Å². The number of nitrogens with two attached hydrogens (primary N) is 1. The van der Waals surface area contributed by atoms with Gasteiger partial charge in [-0.25, -0.2) is 0 Å². The largest absolute Gasteiger partial charge is 2.00 e. The van der Waals surface area contributed by atoms with Crippen LogP contribution in [0.15, 0.2) is 0 Å². The van der Waals surface area contributed by atoms with Crippen molar-refractivity contribution in [2.75, 3.05) is 0 Å². The molecule has 0 fully saturated rings. The van der Waals surface area contributed by atoms with Crippen molar-refractivity contribution in [3.05, 3.63) is 0 Å². The second kappa shape index (κ2) is 49.6. The molecule has 0 aliphatic heterocycles. The van der Waals surface area contributed by atoms with E-state index in [1.165, 1.54) is 0 Å². The van der Waals surface area contributed by atoms with Crippen LogP contribution in [0.1, 0.15) is 0 Å². The Bertz CT molecular complexity index is 8.00. The maximum Gasteiger partial charge on any atom is 2.00 e. The Labute approximate surface area is 41.3 Å². The van der Waals surface area contributed by atoms with Gasteiger partial charge >= 0.3 is 19.5 Å². The molecule has 0 unspecified atom stereocenters. The third-order valence-electron chi connectivity index (χ3n) is 0. The summed E-state index contributed by atoms with van der Waals surface area (Å²) in [5, 5.41) is 4.64. The normalized spacial score (nSPS) is 2.25. The molecular weight excluding hydrogens is 123 g/mol. The minimum Gasteiger partial charge on any atom is -2.00 e. The molecule has 0 aliphatic carbocycles. The summed E-state index contributed by atoms with van der Waals surface area (Å²) in [5.74, 6) is 0. The summed E-state index contributed by atoms with van der Waals surface area (Å²) < 4.78 is 0. The van der Waals surface area contributed by atoms with E-state index >= 15 is 0 Å². The summed E-state index contributed by atoms with van der Waals surface area (Å²) in [5.41, 5.74) is 0. The first-order valence-corrected chi connectivity index (χ1v) is 1.73. The van der Waals surface area contributed by atoms with Gasteiger partial charge in [-0.3, -0.25) is 0 Å². The van der Waals surface area contributed by atoms with Crippen molar-refractivity contribution in [3.8, 4) is 0 Å². The topological polar surface area (TPSA) is 54.5 Å². The van der Waals surface area contributed by atoms with E-state index < -0.39 is 0 Å². The Kier molecular flexibility index (Phi) is 269. The second-order valence-corrected chi connectivity index (χ2v) is 0. The third-order valence-corrected chi connectivity index (χ3v) is 0. The van der Waals surface area contributed by atoms with Gasteiger partial charge in [0.05, 0.1) is 10.4 Å². The van der Waals surface area contributed by atoms with Crippen molar-refractivity contribution >= 4 is 10.4 Å². The van der Waals surface area contributed by atoms with Crippen molar-refractivity contribution < 1.29 is 25.0 Å². The summed E-state index contributed by atoms with van der Waals surface area (Å²) in [6.07, 6.45) is 0. The first kappa shape index (κ1) is 21.7. The average molecular weight is 129 g/mol. The maximum absolute atomic E-state index is 4.64. The molecule has 4 heavy (non-hydrogen) atoms. The van der Waals surface area contributed by atoms with Crippen LogP contribution >= 0.6 is 0 Å². The van der Waals surface area contributed by atoms with Gasteiger partial charge in [0, 0.05) is 0 Å².